The first-order chi connectivity index (χ1) is 12.6. The van der Waals surface area contributed by atoms with Gasteiger partial charge < -0.3 is 4.74 Å². The number of aryl methyl sites for hydroxylation is 2. The molecule has 0 saturated carbocycles. The summed E-state index contributed by atoms with van der Waals surface area (Å²) < 4.78 is 5.32. The Kier molecular flexibility index (Phi) is 4.59. The molecule has 0 fully saturated rings. The molecule has 0 atom stereocenters. The molecule has 1 aromatic carbocycles. The number of nitrogens with zero attached hydrogens (tertiary/aromatic N) is 1. The minimum absolute atomic E-state index is 0.00681. The first-order valence-corrected chi connectivity index (χ1v) is 9.71. The maximum Gasteiger partial charge on any atom is 0.348 e. The predicted molar refractivity (Wildman–Crippen MR) is 97.7 cm³/mol. The fourth-order valence-electron chi connectivity index (χ4n) is 3.51. The summed E-state index contributed by atoms with van der Waals surface area (Å²) >= 11 is 1.51. The molecule has 0 radical (unpaired) electrons. The van der Waals surface area contributed by atoms with Crippen LogP contribution in [0.15, 0.2) is 30.3 Å². The average molecular weight is 369 g/mol. The molecule has 0 unspecified atom stereocenters. The van der Waals surface area contributed by atoms with Crippen LogP contribution in [0.25, 0.3) is 0 Å². The highest BCUT2D eigenvalue weighted by Crippen LogP contribution is 2.29. The molecule has 2 aromatic rings. The van der Waals surface area contributed by atoms with E-state index < -0.39 is 0 Å². The molecule has 0 bridgehead atoms. The Hall–Kier alpha value is -2.47. The van der Waals surface area contributed by atoms with Crippen molar-refractivity contribution in [2.24, 2.45) is 0 Å². The molecule has 0 spiro atoms. The highest BCUT2D eigenvalue weighted by atomic mass is 32.1. The summed E-state index contributed by atoms with van der Waals surface area (Å²) in [5.74, 6) is -1.03. The van der Waals surface area contributed by atoms with Crippen molar-refractivity contribution >= 4 is 29.1 Å². The minimum atomic E-state index is -0.375. The lowest BCUT2D eigenvalue weighted by atomic mass is 10.1. The van der Waals surface area contributed by atoms with Gasteiger partial charge in [0.2, 0.25) is 0 Å². The molecule has 1 aliphatic carbocycles. The molecule has 134 valence electrons. The molecule has 2 heterocycles. The van der Waals surface area contributed by atoms with Gasteiger partial charge in [-0.3, -0.25) is 14.5 Å². The number of benzene rings is 1. The fourth-order valence-corrected chi connectivity index (χ4v) is 4.66. The number of rotatable bonds is 4. The number of carbonyl (C=O) groups excluding carboxylic acids is 3. The van der Waals surface area contributed by atoms with Gasteiger partial charge in [0.1, 0.15) is 11.5 Å². The normalized spacial score (nSPS) is 16.2. The standard InChI is InChI=1S/C20H19NO4S/c22-18-14-7-4-5-8-15(14)19(23)21(18)10-11-25-20(24)17-12-13-6-2-1-3-9-16(13)26-17/h4-5,7-8,12H,1-3,6,9-11H2. The van der Waals surface area contributed by atoms with E-state index in [1.807, 2.05) is 6.07 Å². The van der Waals surface area contributed by atoms with E-state index in [1.165, 1.54) is 34.6 Å². The van der Waals surface area contributed by atoms with Crippen LogP contribution in [0.4, 0.5) is 0 Å². The molecule has 6 heteroatoms. The number of hydrogen-bond acceptors (Lipinski definition) is 5. The molecular weight excluding hydrogens is 350 g/mol. The van der Waals surface area contributed by atoms with Crippen molar-refractivity contribution in [3.8, 4) is 0 Å². The molecule has 5 nitrogen and oxygen atoms in total. The van der Waals surface area contributed by atoms with Gasteiger partial charge in [0.05, 0.1) is 17.7 Å². The number of esters is 1. The van der Waals surface area contributed by atoms with Crippen molar-refractivity contribution in [2.75, 3.05) is 13.2 Å². The Labute approximate surface area is 155 Å². The second-order valence-electron chi connectivity index (χ2n) is 6.56. The van der Waals surface area contributed by atoms with E-state index in [-0.39, 0.29) is 30.9 Å². The van der Waals surface area contributed by atoms with Gasteiger partial charge in [0.25, 0.3) is 11.8 Å². The van der Waals surface area contributed by atoms with Gasteiger partial charge in [-0.25, -0.2) is 4.79 Å². The van der Waals surface area contributed by atoms with Crippen LogP contribution in [0.2, 0.25) is 0 Å². The Bertz CT molecular complexity index is 827. The largest absolute Gasteiger partial charge is 0.460 e. The van der Waals surface area contributed by atoms with Crippen molar-refractivity contribution in [1.29, 1.82) is 0 Å². The average Bonchev–Trinajstić information content (AvgIpc) is 3.07. The Balaban J connectivity index is 1.36. The number of amides is 2. The van der Waals surface area contributed by atoms with Crippen LogP contribution in [0.5, 0.6) is 0 Å². The smallest absolute Gasteiger partial charge is 0.348 e. The minimum Gasteiger partial charge on any atom is -0.460 e. The van der Waals surface area contributed by atoms with Gasteiger partial charge in [-0.15, -0.1) is 11.3 Å². The fraction of sp³-hybridized carbons (Fsp3) is 0.350. The van der Waals surface area contributed by atoms with Crippen LogP contribution >= 0.6 is 11.3 Å². The maximum atomic E-state index is 12.3. The van der Waals surface area contributed by atoms with Gasteiger partial charge in [-0.2, -0.15) is 0 Å². The molecule has 26 heavy (non-hydrogen) atoms. The van der Waals surface area contributed by atoms with Crippen molar-refractivity contribution in [3.05, 3.63) is 56.8 Å². The Morgan fingerprint density at radius 1 is 1.04 bits per heavy atom. The Morgan fingerprint density at radius 2 is 1.73 bits per heavy atom. The van der Waals surface area contributed by atoms with E-state index in [0.29, 0.717) is 16.0 Å². The number of thiophene rings is 1. The van der Waals surface area contributed by atoms with Gasteiger partial charge in [0, 0.05) is 4.88 Å². The lowest BCUT2D eigenvalue weighted by Crippen LogP contribution is -2.33. The second kappa shape index (κ2) is 7.03. The van der Waals surface area contributed by atoms with E-state index in [4.69, 9.17) is 4.74 Å². The van der Waals surface area contributed by atoms with Crippen LogP contribution < -0.4 is 0 Å². The molecule has 0 N–H and O–H groups in total. The highest BCUT2D eigenvalue weighted by molar-refractivity contribution is 7.14. The summed E-state index contributed by atoms with van der Waals surface area (Å²) in [7, 11) is 0. The summed E-state index contributed by atoms with van der Waals surface area (Å²) in [6, 6.07) is 8.68. The lowest BCUT2D eigenvalue weighted by molar-refractivity contribution is 0.0424. The van der Waals surface area contributed by atoms with Crippen molar-refractivity contribution in [2.45, 2.75) is 32.1 Å². The Morgan fingerprint density at radius 3 is 2.46 bits per heavy atom. The monoisotopic (exact) mass is 369 g/mol. The summed E-state index contributed by atoms with van der Waals surface area (Å²) in [4.78, 5) is 39.9. The third-order valence-electron chi connectivity index (χ3n) is 4.87. The van der Waals surface area contributed by atoms with E-state index in [1.54, 1.807) is 24.3 Å². The topological polar surface area (TPSA) is 63.7 Å². The molecule has 0 saturated heterocycles. The van der Waals surface area contributed by atoms with E-state index in [2.05, 4.69) is 0 Å². The summed E-state index contributed by atoms with van der Waals surface area (Å²) in [6.45, 7) is 0.0794. The molecule has 2 amide bonds. The SMILES string of the molecule is O=C(OCCN1C(=O)c2ccccc2C1=O)c1cc2c(s1)CCCCC2. The number of ether oxygens (including phenoxy) is 1. The van der Waals surface area contributed by atoms with Crippen LogP contribution in [0, 0.1) is 0 Å². The first-order valence-electron chi connectivity index (χ1n) is 8.89. The zero-order valence-corrected chi connectivity index (χ0v) is 15.1. The van der Waals surface area contributed by atoms with Crippen LogP contribution in [-0.2, 0) is 17.6 Å². The van der Waals surface area contributed by atoms with Crippen LogP contribution in [0.3, 0.4) is 0 Å². The molecule has 4 rings (SSSR count). The van der Waals surface area contributed by atoms with Gasteiger partial charge in [0.15, 0.2) is 0 Å². The molecular formula is C20H19NO4S. The van der Waals surface area contributed by atoms with Crippen LogP contribution in [0.1, 0.15) is 60.1 Å². The number of carbonyl (C=O) groups is 3. The van der Waals surface area contributed by atoms with Gasteiger partial charge >= 0.3 is 5.97 Å². The highest BCUT2D eigenvalue weighted by Gasteiger charge is 2.34. The third kappa shape index (κ3) is 3.05. The summed E-state index contributed by atoms with van der Waals surface area (Å²) in [5.41, 5.74) is 2.08. The number of imide groups is 1. The van der Waals surface area contributed by atoms with E-state index >= 15 is 0 Å². The van der Waals surface area contributed by atoms with Crippen molar-refractivity contribution in [1.82, 2.24) is 4.90 Å². The lowest BCUT2D eigenvalue weighted by Gasteiger charge is -2.13. The molecule has 1 aliphatic heterocycles. The van der Waals surface area contributed by atoms with E-state index in [9.17, 15) is 14.4 Å². The maximum absolute atomic E-state index is 12.3. The second-order valence-corrected chi connectivity index (χ2v) is 7.70. The number of fused-ring (bicyclic) bond motifs is 2. The predicted octanol–water partition coefficient (Wildman–Crippen LogP) is 3.47. The van der Waals surface area contributed by atoms with E-state index in [0.717, 1.165) is 24.2 Å². The van der Waals surface area contributed by atoms with Gasteiger partial charge in [-0.05, 0) is 49.4 Å². The van der Waals surface area contributed by atoms with Crippen molar-refractivity contribution in [3.63, 3.8) is 0 Å². The zero-order chi connectivity index (χ0) is 18.1. The third-order valence-corrected chi connectivity index (χ3v) is 6.09. The first kappa shape index (κ1) is 17.0. The summed E-state index contributed by atoms with van der Waals surface area (Å²) in [5, 5.41) is 0. The molecule has 1 aromatic heterocycles. The zero-order valence-electron chi connectivity index (χ0n) is 14.3. The molecule has 2 aliphatic rings. The van der Waals surface area contributed by atoms with Crippen LogP contribution in [-0.4, -0.2) is 35.8 Å². The van der Waals surface area contributed by atoms with Crippen molar-refractivity contribution < 1.29 is 19.1 Å². The number of hydrogen-bond donors (Lipinski definition) is 0. The van der Waals surface area contributed by atoms with Gasteiger partial charge in [-0.1, -0.05) is 18.6 Å². The quantitative estimate of drug-likeness (QED) is 0.470. The summed E-state index contributed by atoms with van der Waals surface area (Å²) in [6.07, 6.45) is 5.62.